The highest BCUT2D eigenvalue weighted by molar-refractivity contribution is 6.30. The second-order valence-electron chi connectivity index (χ2n) is 4.38. The standard InChI is InChI=1S/C15H16ClFN2/c1-2-19(15-5-3-13(17)4-6-15)10-11-7-12(16)9-14(18)8-11/h3-9H,2,10,18H2,1H3. The van der Waals surface area contributed by atoms with Crippen molar-refractivity contribution in [1.82, 2.24) is 0 Å². The van der Waals surface area contributed by atoms with Crippen LogP contribution in [0, 0.1) is 5.82 Å². The maximum Gasteiger partial charge on any atom is 0.123 e. The van der Waals surface area contributed by atoms with Gasteiger partial charge in [-0.05, 0) is 55.0 Å². The SMILES string of the molecule is CCN(Cc1cc(N)cc(Cl)c1)c1ccc(F)cc1. The number of nitrogens with two attached hydrogens (primary N) is 1. The molecule has 2 aromatic carbocycles. The minimum Gasteiger partial charge on any atom is -0.399 e. The Kier molecular flexibility index (Phi) is 4.27. The van der Waals surface area contributed by atoms with Crippen LogP contribution in [0.3, 0.4) is 0 Å². The van der Waals surface area contributed by atoms with E-state index in [9.17, 15) is 4.39 Å². The first kappa shape index (κ1) is 13.7. The summed E-state index contributed by atoms with van der Waals surface area (Å²) in [4.78, 5) is 2.13. The van der Waals surface area contributed by atoms with Gasteiger partial charge in [0.1, 0.15) is 5.82 Å². The molecule has 0 unspecified atom stereocenters. The van der Waals surface area contributed by atoms with E-state index in [1.54, 1.807) is 18.2 Å². The zero-order chi connectivity index (χ0) is 13.8. The Bertz CT molecular complexity index is 534. The molecule has 0 atom stereocenters. The number of benzene rings is 2. The van der Waals surface area contributed by atoms with Crippen LogP contribution in [-0.4, -0.2) is 6.54 Å². The largest absolute Gasteiger partial charge is 0.399 e. The fraction of sp³-hybridized carbons (Fsp3) is 0.200. The molecule has 0 aliphatic rings. The summed E-state index contributed by atoms with van der Waals surface area (Å²) in [5, 5.41) is 0.630. The van der Waals surface area contributed by atoms with Crippen molar-refractivity contribution >= 4 is 23.0 Å². The van der Waals surface area contributed by atoms with Crippen molar-refractivity contribution in [3.05, 3.63) is 58.9 Å². The lowest BCUT2D eigenvalue weighted by Gasteiger charge is -2.23. The van der Waals surface area contributed by atoms with Crippen LogP contribution in [0.4, 0.5) is 15.8 Å². The molecule has 2 rings (SSSR count). The number of anilines is 2. The second kappa shape index (κ2) is 5.93. The van der Waals surface area contributed by atoms with Crippen LogP contribution < -0.4 is 10.6 Å². The van der Waals surface area contributed by atoms with Gasteiger partial charge >= 0.3 is 0 Å². The van der Waals surface area contributed by atoms with Crippen LogP contribution in [0.5, 0.6) is 0 Å². The van der Waals surface area contributed by atoms with Gasteiger partial charge in [-0.1, -0.05) is 11.6 Å². The first-order valence-electron chi connectivity index (χ1n) is 6.14. The Morgan fingerprint density at radius 1 is 1.16 bits per heavy atom. The molecule has 0 amide bonds. The molecule has 2 nitrogen and oxygen atoms in total. The zero-order valence-corrected chi connectivity index (χ0v) is 11.5. The zero-order valence-electron chi connectivity index (χ0n) is 10.7. The highest BCUT2D eigenvalue weighted by Crippen LogP contribution is 2.21. The normalized spacial score (nSPS) is 10.5. The minimum absolute atomic E-state index is 0.230. The number of hydrogen-bond donors (Lipinski definition) is 1. The fourth-order valence-electron chi connectivity index (χ4n) is 2.02. The molecule has 19 heavy (non-hydrogen) atoms. The molecule has 0 heterocycles. The fourth-order valence-corrected chi connectivity index (χ4v) is 2.29. The average Bonchev–Trinajstić information content (AvgIpc) is 2.36. The highest BCUT2D eigenvalue weighted by atomic mass is 35.5. The van der Waals surface area contributed by atoms with Gasteiger partial charge in [0.05, 0.1) is 0 Å². The van der Waals surface area contributed by atoms with Crippen LogP contribution in [0.25, 0.3) is 0 Å². The van der Waals surface area contributed by atoms with E-state index in [-0.39, 0.29) is 5.82 Å². The lowest BCUT2D eigenvalue weighted by molar-refractivity contribution is 0.627. The van der Waals surface area contributed by atoms with E-state index in [2.05, 4.69) is 11.8 Å². The van der Waals surface area contributed by atoms with Crippen molar-refractivity contribution < 1.29 is 4.39 Å². The summed E-state index contributed by atoms with van der Waals surface area (Å²) >= 11 is 6.00. The van der Waals surface area contributed by atoms with Gasteiger partial charge in [-0.25, -0.2) is 4.39 Å². The first-order chi connectivity index (χ1) is 9.08. The van der Waals surface area contributed by atoms with Crippen LogP contribution in [0.1, 0.15) is 12.5 Å². The molecule has 0 saturated heterocycles. The van der Waals surface area contributed by atoms with Crippen molar-refractivity contribution in [3.63, 3.8) is 0 Å². The molecule has 0 aromatic heterocycles. The summed E-state index contributed by atoms with van der Waals surface area (Å²) in [6.07, 6.45) is 0. The van der Waals surface area contributed by atoms with Gasteiger partial charge in [0.25, 0.3) is 0 Å². The van der Waals surface area contributed by atoms with Gasteiger partial charge in [-0.15, -0.1) is 0 Å². The number of halogens is 2. The maximum atomic E-state index is 12.9. The van der Waals surface area contributed by atoms with Gasteiger partial charge < -0.3 is 10.6 Å². The quantitative estimate of drug-likeness (QED) is 0.854. The summed E-state index contributed by atoms with van der Waals surface area (Å²) in [6.45, 7) is 3.56. The predicted octanol–water partition coefficient (Wildman–Crippen LogP) is 4.09. The molecule has 0 saturated carbocycles. The van der Waals surface area contributed by atoms with E-state index in [0.717, 1.165) is 17.8 Å². The summed E-state index contributed by atoms with van der Waals surface area (Å²) in [7, 11) is 0. The van der Waals surface area contributed by atoms with Crippen LogP contribution in [-0.2, 0) is 6.54 Å². The second-order valence-corrected chi connectivity index (χ2v) is 4.82. The third kappa shape index (κ3) is 3.61. The summed E-state index contributed by atoms with van der Waals surface area (Å²) < 4.78 is 12.9. The topological polar surface area (TPSA) is 29.3 Å². The smallest absolute Gasteiger partial charge is 0.123 e. The molecule has 2 N–H and O–H groups in total. The molecule has 2 aromatic rings. The van der Waals surface area contributed by atoms with Gasteiger partial charge in [0, 0.05) is 29.5 Å². The first-order valence-corrected chi connectivity index (χ1v) is 6.51. The highest BCUT2D eigenvalue weighted by Gasteiger charge is 2.06. The molecule has 4 heteroatoms. The molecule has 0 radical (unpaired) electrons. The van der Waals surface area contributed by atoms with Crippen molar-refractivity contribution in [2.75, 3.05) is 17.2 Å². The average molecular weight is 279 g/mol. The van der Waals surface area contributed by atoms with E-state index in [4.69, 9.17) is 17.3 Å². The van der Waals surface area contributed by atoms with E-state index < -0.39 is 0 Å². The Hall–Kier alpha value is -1.74. The third-order valence-electron chi connectivity index (χ3n) is 2.93. The molecule has 0 spiro atoms. The third-order valence-corrected chi connectivity index (χ3v) is 3.15. The molecule has 0 aliphatic carbocycles. The summed E-state index contributed by atoms with van der Waals surface area (Å²) in [5.41, 5.74) is 8.45. The molecule has 100 valence electrons. The van der Waals surface area contributed by atoms with Gasteiger partial charge in [0.15, 0.2) is 0 Å². The number of rotatable bonds is 4. The Morgan fingerprint density at radius 2 is 1.84 bits per heavy atom. The summed E-state index contributed by atoms with van der Waals surface area (Å²) in [6, 6.07) is 12.0. The molecular formula is C15H16ClFN2. The maximum absolute atomic E-state index is 12.9. The number of nitrogen functional groups attached to an aromatic ring is 1. The van der Waals surface area contributed by atoms with Gasteiger partial charge in [0.2, 0.25) is 0 Å². The van der Waals surface area contributed by atoms with E-state index in [0.29, 0.717) is 17.3 Å². The molecule has 0 fully saturated rings. The van der Waals surface area contributed by atoms with Gasteiger partial charge in [-0.3, -0.25) is 0 Å². The monoisotopic (exact) mass is 278 g/mol. The van der Waals surface area contributed by atoms with Crippen molar-refractivity contribution in [1.29, 1.82) is 0 Å². The van der Waals surface area contributed by atoms with Gasteiger partial charge in [-0.2, -0.15) is 0 Å². The molecule has 0 aliphatic heterocycles. The summed E-state index contributed by atoms with van der Waals surface area (Å²) in [5.74, 6) is -0.230. The predicted molar refractivity (Wildman–Crippen MR) is 79.0 cm³/mol. The van der Waals surface area contributed by atoms with Crippen LogP contribution >= 0.6 is 11.6 Å². The lowest BCUT2D eigenvalue weighted by Crippen LogP contribution is -2.22. The Balaban J connectivity index is 2.21. The number of nitrogens with zero attached hydrogens (tertiary/aromatic N) is 1. The Labute approximate surface area is 117 Å². The molecular weight excluding hydrogens is 263 g/mol. The van der Waals surface area contributed by atoms with Crippen molar-refractivity contribution in [3.8, 4) is 0 Å². The number of hydrogen-bond acceptors (Lipinski definition) is 2. The lowest BCUT2D eigenvalue weighted by atomic mass is 10.1. The minimum atomic E-state index is -0.230. The molecule has 0 bridgehead atoms. The van der Waals surface area contributed by atoms with E-state index >= 15 is 0 Å². The van der Waals surface area contributed by atoms with Crippen molar-refractivity contribution in [2.45, 2.75) is 13.5 Å². The van der Waals surface area contributed by atoms with Crippen LogP contribution in [0.15, 0.2) is 42.5 Å². The van der Waals surface area contributed by atoms with Crippen LogP contribution in [0.2, 0.25) is 5.02 Å². The van der Waals surface area contributed by atoms with E-state index in [1.807, 2.05) is 12.1 Å². The van der Waals surface area contributed by atoms with E-state index in [1.165, 1.54) is 12.1 Å². The Morgan fingerprint density at radius 3 is 2.42 bits per heavy atom. The van der Waals surface area contributed by atoms with Crippen molar-refractivity contribution in [2.24, 2.45) is 0 Å².